The van der Waals surface area contributed by atoms with Gasteiger partial charge in [0.2, 0.25) is 11.9 Å². The van der Waals surface area contributed by atoms with E-state index < -0.39 is 0 Å². The van der Waals surface area contributed by atoms with Crippen molar-refractivity contribution < 1.29 is 9.53 Å². The molecule has 4 rings (SSSR count). The van der Waals surface area contributed by atoms with E-state index in [-0.39, 0.29) is 23.2 Å². The third-order valence-electron chi connectivity index (χ3n) is 4.33. The normalized spacial score (nSPS) is 10.8. The van der Waals surface area contributed by atoms with E-state index in [1.165, 1.54) is 18.1 Å². The molecule has 30 heavy (non-hydrogen) atoms. The second kappa shape index (κ2) is 8.78. The van der Waals surface area contributed by atoms with Crippen LogP contribution in [0.1, 0.15) is 5.56 Å². The van der Waals surface area contributed by atoms with Crippen molar-refractivity contribution in [1.82, 2.24) is 24.7 Å². The molecule has 0 atom stereocenters. The number of hydrogen-bond acceptors (Lipinski definition) is 7. The van der Waals surface area contributed by atoms with Crippen molar-refractivity contribution in [2.45, 2.75) is 11.7 Å². The van der Waals surface area contributed by atoms with Crippen LogP contribution in [0.25, 0.3) is 10.9 Å². The number of fused-ring (bicyclic) bond motifs is 1. The number of carbonyl (C=O) groups excluding carboxylic acids is 1. The number of para-hydroxylation sites is 1. The van der Waals surface area contributed by atoms with Gasteiger partial charge >= 0.3 is 0 Å². The molecule has 2 N–H and O–H groups in total. The molecule has 0 aliphatic rings. The van der Waals surface area contributed by atoms with E-state index in [0.29, 0.717) is 22.6 Å². The molecule has 0 bridgehead atoms. The predicted octanol–water partition coefficient (Wildman–Crippen LogP) is 2.30. The summed E-state index contributed by atoms with van der Waals surface area (Å²) in [5, 5.41) is 9.86. The highest BCUT2D eigenvalue weighted by Gasteiger charge is 2.14. The standard InChI is InChI=1S/C20H18N6O3S/c1-29-14-8-6-13(7-9-14)10-26-18(28)15-4-2-3-5-16(15)23-20(26)30-11-17(27)24-19-21-12-22-25-19/h2-9,12H,10-11H2,1H3,(H2,21,22,24,25,27). The summed E-state index contributed by atoms with van der Waals surface area (Å²) in [6, 6.07) is 14.6. The van der Waals surface area contributed by atoms with Crippen LogP contribution in [-0.4, -0.2) is 43.5 Å². The number of H-pyrrole nitrogens is 1. The molecule has 0 aliphatic carbocycles. The number of aromatic amines is 1. The van der Waals surface area contributed by atoms with E-state index in [1.807, 2.05) is 30.3 Å². The molecule has 4 aromatic rings. The third kappa shape index (κ3) is 4.33. The van der Waals surface area contributed by atoms with E-state index in [1.54, 1.807) is 29.9 Å². The number of amides is 1. The number of hydrogen-bond donors (Lipinski definition) is 2. The Morgan fingerprint density at radius 1 is 1.20 bits per heavy atom. The first-order chi connectivity index (χ1) is 14.6. The molecule has 0 saturated heterocycles. The van der Waals surface area contributed by atoms with Crippen LogP contribution in [0.4, 0.5) is 5.95 Å². The molecule has 0 fully saturated rings. The number of ether oxygens (including phenoxy) is 1. The maximum absolute atomic E-state index is 13.1. The van der Waals surface area contributed by atoms with Crippen molar-refractivity contribution in [1.29, 1.82) is 0 Å². The van der Waals surface area contributed by atoms with Gasteiger partial charge in [-0.3, -0.25) is 19.5 Å². The number of nitrogens with one attached hydrogen (secondary N) is 2. The van der Waals surface area contributed by atoms with Gasteiger partial charge in [-0.15, -0.1) is 0 Å². The Morgan fingerprint density at radius 2 is 2.00 bits per heavy atom. The Balaban J connectivity index is 1.63. The number of methoxy groups -OCH3 is 1. The van der Waals surface area contributed by atoms with Crippen LogP contribution in [0.15, 0.2) is 64.8 Å². The summed E-state index contributed by atoms with van der Waals surface area (Å²) in [5.41, 5.74) is 1.35. The lowest BCUT2D eigenvalue weighted by molar-refractivity contribution is -0.113. The summed E-state index contributed by atoms with van der Waals surface area (Å²) in [7, 11) is 1.60. The second-order valence-electron chi connectivity index (χ2n) is 6.32. The summed E-state index contributed by atoms with van der Waals surface area (Å²) in [6.07, 6.45) is 1.31. The fourth-order valence-electron chi connectivity index (χ4n) is 2.87. The second-order valence-corrected chi connectivity index (χ2v) is 7.26. The summed E-state index contributed by atoms with van der Waals surface area (Å²) in [5.74, 6) is 0.785. The minimum Gasteiger partial charge on any atom is -0.497 e. The van der Waals surface area contributed by atoms with Crippen molar-refractivity contribution in [3.63, 3.8) is 0 Å². The number of rotatable bonds is 7. The van der Waals surface area contributed by atoms with Crippen molar-refractivity contribution >= 4 is 34.5 Å². The lowest BCUT2D eigenvalue weighted by atomic mass is 10.2. The largest absolute Gasteiger partial charge is 0.497 e. The number of anilines is 1. The Hall–Kier alpha value is -3.66. The van der Waals surface area contributed by atoms with Crippen LogP contribution in [0.3, 0.4) is 0 Å². The highest BCUT2D eigenvalue weighted by Crippen LogP contribution is 2.20. The number of carbonyl (C=O) groups is 1. The zero-order valence-corrected chi connectivity index (χ0v) is 16.8. The number of benzene rings is 2. The lowest BCUT2D eigenvalue weighted by Gasteiger charge is -2.13. The molecule has 1 amide bonds. The van der Waals surface area contributed by atoms with Crippen LogP contribution in [0.2, 0.25) is 0 Å². The Bertz CT molecular complexity index is 1220. The summed E-state index contributed by atoms with van der Waals surface area (Å²) < 4.78 is 6.77. The molecule has 152 valence electrons. The smallest absolute Gasteiger partial charge is 0.262 e. The molecular weight excluding hydrogens is 404 g/mol. The van der Waals surface area contributed by atoms with Gasteiger partial charge in [-0.05, 0) is 29.8 Å². The van der Waals surface area contributed by atoms with Crippen LogP contribution >= 0.6 is 11.8 Å². The molecule has 10 heteroatoms. The van der Waals surface area contributed by atoms with E-state index in [4.69, 9.17) is 4.74 Å². The summed E-state index contributed by atoms with van der Waals surface area (Å²) in [6.45, 7) is 0.326. The van der Waals surface area contributed by atoms with Crippen molar-refractivity contribution in [3.05, 3.63) is 70.8 Å². The molecule has 2 aromatic carbocycles. The summed E-state index contributed by atoms with van der Waals surface area (Å²) >= 11 is 1.19. The molecular formula is C20H18N6O3S. The zero-order valence-electron chi connectivity index (χ0n) is 16.0. The first-order valence-electron chi connectivity index (χ1n) is 9.04. The molecule has 0 radical (unpaired) electrons. The third-order valence-corrected chi connectivity index (χ3v) is 5.31. The number of nitrogens with zero attached hydrogens (tertiary/aromatic N) is 4. The molecule has 0 unspecified atom stereocenters. The van der Waals surface area contributed by atoms with Gasteiger partial charge < -0.3 is 4.74 Å². The minimum absolute atomic E-state index is 0.0636. The van der Waals surface area contributed by atoms with Crippen molar-refractivity contribution in [2.24, 2.45) is 0 Å². The quantitative estimate of drug-likeness (QED) is 0.347. The minimum atomic E-state index is -0.282. The topological polar surface area (TPSA) is 115 Å². The average molecular weight is 422 g/mol. The maximum Gasteiger partial charge on any atom is 0.262 e. The van der Waals surface area contributed by atoms with E-state index in [9.17, 15) is 9.59 Å². The number of thioether (sulfide) groups is 1. The van der Waals surface area contributed by atoms with E-state index in [2.05, 4.69) is 25.5 Å². The lowest BCUT2D eigenvalue weighted by Crippen LogP contribution is -2.25. The van der Waals surface area contributed by atoms with E-state index >= 15 is 0 Å². The Kier molecular flexibility index (Phi) is 5.75. The SMILES string of the molecule is COc1ccc(Cn2c(SCC(=O)Nc3ncn[nH]3)nc3ccccc3c2=O)cc1. The van der Waals surface area contributed by atoms with Gasteiger partial charge in [0.1, 0.15) is 12.1 Å². The van der Waals surface area contributed by atoms with Gasteiger partial charge in [-0.25, -0.2) is 10.1 Å². The van der Waals surface area contributed by atoms with Gasteiger partial charge in [0.15, 0.2) is 5.16 Å². The fraction of sp³-hybridized carbons (Fsp3) is 0.150. The first-order valence-corrected chi connectivity index (χ1v) is 10.0. The van der Waals surface area contributed by atoms with Gasteiger partial charge in [-0.2, -0.15) is 10.1 Å². The van der Waals surface area contributed by atoms with Gasteiger partial charge in [0, 0.05) is 0 Å². The van der Waals surface area contributed by atoms with Gasteiger partial charge in [-0.1, -0.05) is 36.0 Å². The average Bonchev–Trinajstić information content (AvgIpc) is 3.28. The molecule has 2 aromatic heterocycles. The van der Waals surface area contributed by atoms with Crippen LogP contribution in [0, 0.1) is 0 Å². The zero-order chi connectivity index (χ0) is 20.9. The highest BCUT2D eigenvalue weighted by atomic mass is 32.2. The Morgan fingerprint density at radius 3 is 2.73 bits per heavy atom. The Labute approximate surface area is 175 Å². The van der Waals surface area contributed by atoms with Crippen LogP contribution in [0.5, 0.6) is 5.75 Å². The first kappa shape index (κ1) is 19.6. The van der Waals surface area contributed by atoms with Gasteiger partial charge in [0.05, 0.1) is 30.3 Å². The summed E-state index contributed by atoms with van der Waals surface area (Å²) in [4.78, 5) is 33.8. The maximum atomic E-state index is 13.1. The molecule has 0 saturated carbocycles. The predicted molar refractivity (Wildman–Crippen MR) is 114 cm³/mol. The molecule has 0 spiro atoms. The molecule has 0 aliphatic heterocycles. The van der Waals surface area contributed by atoms with Crippen LogP contribution < -0.4 is 15.6 Å². The molecule has 2 heterocycles. The molecule has 9 nitrogen and oxygen atoms in total. The highest BCUT2D eigenvalue weighted by molar-refractivity contribution is 7.99. The van der Waals surface area contributed by atoms with Gasteiger partial charge in [0.25, 0.3) is 5.56 Å². The fourth-order valence-corrected chi connectivity index (χ4v) is 3.67. The monoisotopic (exact) mass is 422 g/mol. The van der Waals surface area contributed by atoms with Crippen molar-refractivity contribution in [2.75, 3.05) is 18.2 Å². The van der Waals surface area contributed by atoms with Crippen LogP contribution in [-0.2, 0) is 11.3 Å². The van der Waals surface area contributed by atoms with Crippen molar-refractivity contribution in [3.8, 4) is 5.75 Å². The number of aromatic nitrogens is 5. The van der Waals surface area contributed by atoms with E-state index in [0.717, 1.165) is 11.3 Å².